The number of allylic oxidation sites excluding steroid dienone is 3. The Morgan fingerprint density at radius 1 is 1.17 bits per heavy atom. The zero-order valence-corrected chi connectivity index (χ0v) is 15.2. The summed E-state index contributed by atoms with van der Waals surface area (Å²) in [6, 6.07) is 6.71. The van der Waals surface area contributed by atoms with Crippen LogP contribution in [0, 0.1) is 5.92 Å². The normalized spacial score (nSPS) is 15.8. The van der Waals surface area contributed by atoms with Crippen molar-refractivity contribution in [3.63, 3.8) is 0 Å². The fourth-order valence-corrected chi connectivity index (χ4v) is 3.25. The Kier molecular flexibility index (Phi) is 6.27. The summed E-state index contributed by atoms with van der Waals surface area (Å²) in [5.41, 5.74) is 6.71. The molecule has 0 radical (unpaired) electrons. The van der Waals surface area contributed by atoms with E-state index in [1.807, 2.05) is 6.08 Å². The molecule has 0 amide bonds. The molecule has 1 aliphatic heterocycles. The van der Waals surface area contributed by atoms with Crippen molar-refractivity contribution in [2.75, 3.05) is 11.4 Å². The quantitative estimate of drug-likeness (QED) is 0.508. The minimum absolute atomic E-state index is 0.520. The fraction of sp³-hybridized carbons (Fsp3) is 0.455. The maximum atomic E-state index is 3.92. The van der Waals surface area contributed by atoms with Gasteiger partial charge in [-0.05, 0) is 55.0 Å². The van der Waals surface area contributed by atoms with Gasteiger partial charge in [0.25, 0.3) is 0 Å². The van der Waals surface area contributed by atoms with Crippen LogP contribution in [0.2, 0.25) is 0 Å². The summed E-state index contributed by atoms with van der Waals surface area (Å²) in [5.74, 6) is 0.520. The van der Waals surface area contributed by atoms with Crippen molar-refractivity contribution >= 4 is 17.3 Å². The number of hydrogen-bond acceptors (Lipinski definition) is 1. The average Bonchev–Trinajstić information content (AvgIpc) is 2.57. The van der Waals surface area contributed by atoms with E-state index in [9.17, 15) is 0 Å². The van der Waals surface area contributed by atoms with Gasteiger partial charge in [0.1, 0.15) is 0 Å². The molecule has 1 aromatic carbocycles. The molecular formula is C22H31N. The van der Waals surface area contributed by atoms with Crippen LogP contribution in [0.25, 0.3) is 11.6 Å². The zero-order chi connectivity index (χ0) is 16.8. The third-order valence-corrected chi connectivity index (χ3v) is 4.57. The van der Waals surface area contributed by atoms with E-state index in [0.717, 1.165) is 6.54 Å². The van der Waals surface area contributed by atoms with Crippen molar-refractivity contribution in [1.82, 2.24) is 0 Å². The first kappa shape index (κ1) is 17.6. The lowest BCUT2D eigenvalue weighted by atomic mass is 9.88. The van der Waals surface area contributed by atoms with Gasteiger partial charge in [0, 0.05) is 23.5 Å². The van der Waals surface area contributed by atoms with Gasteiger partial charge in [-0.1, -0.05) is 58.4 Å². The highest BCUT2D eigenvalue weighted by molar-refractivity contribution is 5.86. The molecule has 0 aliphatic carbocycles. The summed E-state index contributed by atoms with van der Waals surface area (Å²) in [6.45, 7) is 14.0. The lowest BCUT2D eigenvalue weighted by Crippen LogP contribution is -2.25. The van der Waals surface area contributed by atoms with E-state index >= 15 is 0 Å². The van der Waals surface area contributed by atoms with Crippen molar-refractivity contribution in [1.29, 1.82) is 0 Å². The Morgan fingerprint density at radius 2 is 1.96 bits per heavy atom. The first-order valence-corrected chi connectivity index (χ1v) is 9.08. The lowest BCUT2D eigenvalue weighted by molar-refractivity contribution is 0.726. The highest BCUT2D eigenvalue weighted by Crippen LogP contribution is 2.40. The molecular weight excluding hydrogens is 278 g/mol. The summed E-state index contributed by atoms with van der Waals surface area (Å²) >= 11 is 0. The molecule has 0 N–H and O–H groups in total. The van der Waals surface area contributed by atoms with Crippen LogP contribution in [0.1, 0.15) is 64.5 Å². The minimum Gasteiger partial charge on any atom is -0.342 e. The third-order valence-electron chi connectivity index (χ3n) is 4.57. The van der Waals surface area contributed by atoms with Gasteiger partial charge in [0.05, 0.1) is 0 Å². The zero-order valence-electron chi connectivity index (χ0n) is 15.2. The number of unbranched alkanes of at least 4 members (excludes halogenated alkanes) is 3. The van der Waals surface area contributed by atoms with E-state index in [4.69, 9.17) is 0 Å². The van der Waals surface area contributed by atoms with Crippen molar-refractivity contribution in [2.45, 2.75) is 53.4 Å². The molecule has 0 unspecified atom stereocenters. The van der Waals surface area contributed by atoms with E-state index in [-0.39, 0.29) is 0 Å². The van der Waals surface area contributed by atoms with Crippen LogP contribution in [-0.4, -0.2) is 6.54 Å². The van der Waals surface area contributed by atoms with Crippen LogP contribution in [0.3, 0.4) is 0 Å². The molecule has 23 heavy (non-hydrogen) atoms. The third kappa shape index (κ3) is 3.96. The van der Waals surface area contributed by atoms with Crippen LogP contribution in [0.5, 0.6) is 0 Å². The van der Waals surface area contributed by atoms with Gasteiger partial charge in [0.2, 0.25) is 0 Å². The number of anilines is 1. The van der Waals surface area contributed by atoms with Gasteiger partial charge in [0.15, 0.2) is 0 Å². The molecule has 1 heteroatoms. The van der Waals surface area contributed by atoms with Gasteiger partial charge in [-0.25, -0.2) is 0 Å². The fourth-order valence-electron chi connectivity index (χ4n) is 3.25. The average molecular weight is 309 g/mol. The van der Waals surface area contributed by atoms with Crippen LogP contribution in [0.4, 0.5) is 5.69 Å². The molecule has 1 heterocycles. The Hall–Kier alpha value is -1.76. The Morgan fingerprint density at radius 3 is 2.57 bits per heavy atom. The largest absolute Gasteiger partial charge is 0.342 e. The minimum atomic E-state index is 0.520. The molecule has 1 nitrogen and oxygen atoms in total. The molecule has 0 saturated heterocycles. The predicted octanol–water partition coefficient (Wildman–Crippen LogP) is 6.67. The van der Waals surface area contributed by atoms with Crippen LogP contribution < -0.4 is 4.90 Å². The molecule has 124 valence electrons. The van der Waals surface area contributed by atoms with Crippen LogP contribution in [0.15, 0.2) is 42.6 Å². The molecule has 0 spiro atoms. The second-order valence-corrected chi connectivity index (χ2v) is 6.60. The van der Waals surface area contributed by atoms with Gasteiger partial charge in [-0.2, -0.15) is 0 Å². The maximum absolute atomic E-state index is 3.92. The van der Waals surface area contributed by atoms with E-state index in [0.29, 0.717) is 5.92 Å². The second kappa shape index (κ2) is 8.19. The van der Waals surface area contributed by atoms with E-state index in [1.165, 1.54) is 53.8 Å². The summed E-state index contributed by atoms with van der Waals surface area (Å²) in [7, 11) is 0. The molecule has 1 aliphatic rings. The molecule has 0 aromatic heterocycles. The molecule has 0 fully saturated rings. The molecule has 0 bridgehead atoms. The summed E-state index contributed by atoms with van der Waals surface area (Å²) in [5, 5.41) is 0. The Labute approximate surface area is 142 Å². The molecule has 1 aromatic rings. The number of rotatable bonds is 7. The van der Waals surface area contributed by atoms with Crippen molar-refractivity contribution in [3.05, 3.63) is 53.8 Å². The van der Waals surface area contributed by atoms with Crippen molar-refractivity contribution in [2.24, 2.45) is 5.92 Å². The first-order valence-electron chi connectivity index (χ1n) is 9.08. The maximum Gasteiger partial charge on any atom is 0.0487 e. The standard InChI is InChI=1S/C22H31N/c1-6-9-10-11-12-19-16-20(17(4)5)21-15-18(7-2)13-14-22(21)23(19)8-3/h7,12-17H,2,6,8-11H2,1,3-5H3/b19-12+. The van der Waals surface area contributed by atoms with E-state index in [1.54, 1.807) is 0 Å². The highest BCUT2D eigenvalue weighted by atomic mass is 15.1. The lowest BCUT2D eigenvalue weighted by Gasteiger charge is -2.34. The molecule has 0 atom stereocenters. The SMILES string of the molecule is C=Cc1ccc2c(c1)C(C(C)C)=C/C(=C\CCCCC)N2CC. The summed E-state index contributed by atoms with van der Waals surface area (Å²) in [4.78, 5) is 2.44. The van der Waals surface area contributed by atoms with E-state index < -0.39 is 0 Å². The smallest absolute Gasteiger partial charge is 0.0487 e. The summed E-state index contributed by atoms with van der Waals surface area (Å²) < 4.78 is 0. The summed E-state index contributed by atoms with van der Waals surface area (Å²) in [6.07, 6.45) is 11.8. The Balaban J connectivity index is 2.44. The van der Waals surface area contributed by atoms with E-state index in [2.05, 4.69) is 69.5 Å². The van der Waals surface area contributed by atoms with Crippen molar-refractivity contribution in [3.8, 4) is 0 Å². The predicted molar refractivity (Wildman–Crippen MR) is 105 cm³/mol. The molecule has 0 saturated carbocycles. The van der Waals surface area contributed by atoms with Crippen LogP contribution in [-0.2, 0) is 0 Å². The number of benzene rings is 1. The number of hydrogen-bond donors (Lipinski definition) is 0. The highest BCUT2D eigenvalue weighted by Gasteiger charge is 2.22. The number of fused-ring (bicyclic) bond motifs is 1. The Bertz CT molecular complexity index is 604. The number of nitrogens with zero attached hydrogens (tertiary/aromatic N) is 1. The monoisotopic (exact) mass is 309 g/mol. The van der Waals surface area contributed by atoms with Gasteiger partial charge >= 0.3 is 0 Å². The molecule has 2 rings (SSSR count). The first-order chi connectivity index (χ1) is 11.1. The topological polar surface area (TPSA) is 3.24 Å². The second-order valence-electron chi connectivity index (χ2n) is 6.60. The number of likely N-dealkylation sites (N-methyl/N-ethyl adjacent to an activating group) is 1. The van der Waals surface area contributed by atoms with Gasteiger partial charge in [-0.3, -0.25) is 0 Å². The van der Waals surface area contributed by atoms with Crippen molar-refractivity contribution < 1.29 is 0 Å². The van der Waals surface area contributed by atoms with Crippen LogP contribution >= 0.6 is 0 Å². The van der Waals surface area contributed by atoms with Gasteiger partial charge in [-0.15, -0.1) is 0 Å². The van der Waals surface area contributed by atoms with Gasteiger partial charge < -0.3 is 4.90 Å².